The van der Waals surface area contributed by atoms with Crippen LogP contribution in [-0.2, 0) is 15.1 Å². The number of carbonyl (C=O) groups is 1. The van der Waals surface area contributed by atoms with Crippen LogP contribution in [-0.4, -0.2) is 57.4 Å². The minimum atomic E-state index is -4.90. The summed E-state index contributed by atoms with van der Waals surface area (Å²) in [6, 6.07) is 15.1. The lowest BCUT2D eigenvalue weighted by molar-refractivity contribution is -0.271. The number of alkyl halides is 3. The first-order chi connectivity index (χ1) is 16.3. The SMILES string of the molecule is COc1ccccc1[C@@H]1CNCCC12CCN(C(=O)C(OC)(c1ccccc1)C(F)(F)F)CC2. The lowest BCUT2D eigenvalue weighted by atomic mass is 9.62. The van der Waals surface area contributed by atoms with Gasteiger partial charge in [-0.25, -0.2) is 0 Å². The van der Waals surface area contributed by atoms with Crippen LogP contribution in [0.3, 0.4) is 0 Å². The molecule has 2 saturated heterocycles. The maximum Gasteiger partial charge on any atom is 0.430 e. The number of hydrogen-bond donors (Lipinski definition) is 1. The van der Waals surface area contributed by atoms with Gasteiger partial charge in [0.25, 0.3) is 11.5 Å². The molecular formula is C26H31F3N2O3. The van der Waals surface area contributed by atoms with E-state index in [1.807, 2.05) is 18.2 Å². The van der Waals surface area contributed by atoms with Crippen LogP contribution in [0.5, 0.6) is 5.75 Å². The summed E-state index contributed by atoms with van der Waals surface area (Å²) in [6.45, 7) is 2.11. The summed E-state index contributed by atoms with van der Waals surface area (Å²) in [5.74, 6) is -0.0847. The molecular weight excluding hydrogens is 445 g/mol. The van der Waals surface area contributed by atoms with Crippen molar-refractivity contribution in [3.05, 3.63) is 65.7 Å². The standard InChI is InChI=1S/C26H31F3N2O3/c1-33-22-11-7-6-10-20(22)21-18-30-15-12-24(21)13-16-31(17-14-24)23(32)25(34-2,26(27,28)29)19-8-4-3-5-9-19/h3-11,21,30H,12-18H2,1-2H3/t21-,25?/m0/s1. The molecule has 2 aromatic rings. The van der Waals surface area contributed by atoms with Crippen LogP contribution in [0.25, 0.3) is 0 Å². The number of halogens is 3. The Hall–Kier alpha value is -2.58. The van der Waals surface area contributed by atoms with Gasteiger partial charge in [0.05, 0.1) is 7.11 Å². The Kier molecular flexibility index (Phi) is 6.92. The average Bonchev–Trinajstić information content (AvgIpc) is 2.85. The number of para-hydroxylation sites is 1. The molecule has 184 valence electrons. The molecule has 1 spiro atoms. The summed E-state index contributed by atoms with van der Waals surface area (Å²) in [5, 5.41) is 3.46. The zero-order valence-corrected chi connectivity index (χ0v) is 19.5. The van der Waals surface area contributed by atoms with E-state index >= 15 is 0 Å². The van der Waals surface area contributed by atoms with Crippen LogP contribution in [0.1, 0.15) is 36.3 Å². The maximum atomic E-state index is 14.4. The number of likely N-dealkylation sites (tertiary alicyclic amines) is 1. The van der Waals surface area contributed by atoms with Gasteiger partial charge in [-0.2, -0.15) is 13.2 Å². The Morgan fingerprint density at radius 2 is 1.65 bits per heavy atom. The number of rotatable bonds is 5. The topological polar surface area (TPSA) is 50.8 Å². The second-order valence-electron chi connectivity index (χ2n) is 9.15. The number of carbonyl (C=O) groups excluding carboxylic acids is 1. The molecule has 2 atom stereocenters. The molecule has 0 saturated carbocycles. The summed E-state index contributed by atoms with van der Waals surface area (Å²) in [7, 11) is 2.60. The van der Waals surface area contributed by atoms with Crippen molar-refractivity contribution in [2.24, 2.45) is 5.41 Å². The molecule has 2 aliphatic rings. The molecule has 8 heteroatoms. The zero-order valence-electron chi connectivity index (χ0n) is 19.5. The third-order valence-corrected chi connectivity index (χ3v) is 7.63. The van der Waals surface area contributed by atoms with Gasteiger partial charge in [-0.1, -0.05) is 48.5 Å². The average molecular weight is 477 g/mol. The third-order valence-electron chi connectivity index (χ3n) is 7.63. The highest BCUT2D eigenvalue weighted by atomic mass is 19.4. The normalized spacial score (nSPS) is 22.3. The van der Waals surface area contributed by atoms with Crippen LogP contribution in [0.4, 0.5) is 13.2 Å². The van der Waals surface area contributed by atoms with Crippen molar-refractivity contribution in [2.75, 3.05) is 40.4 Å². The molecule has 1 amide bonds. The molecule has 2 fully saturated rings. The Morgan fingerprint density at radius 3 is 2.26 bits per heavy atom. The zero-order chi connectivity index (χ0) is 24.4. The summed E-state index contributed by atoms with van der Waals surface area (Å²) < 4.78 is 53.8. The Bertz CT molecular complexity index is 990. The maximum absolute atomic E-state index is 14.4. The van der Waals surface area contributed by atoms with Crippen molar-refractivity contribution >= 4 is 5.91 Å². The highest BCUT2D eigenvalue weighted by molar-refractivity contribution is 5.88. The molecule has 0 bridgehead atoms. The molecule has 34 heavy (non-hydrogen) atoms. The number of benzene rings is 2. The van der Waals surface area contributed by atoms with Crippen molar-refractivity contribution in [3.8, 4) is 5.75 Å². The molecule has 5 nitrogen and oxygen atoms in total. The van der Waals surface area contributed by atoms with E-state index in [1.54, 1.807) is 13.2 Å². The fourth-order valence-electron chi connectivity index (χ4n) is 5.75. The fourth-order valence-corrected chi connectivity index (χ4v) is 5.75. The van der Waals surface area contributed by atoms with Crippen LogP contribution in [0, 0.1) is 5.41 Å². The van der Waals surface area contributed by atoms with Gasteiger partial charge < -0.3 is 19.7 Å². The molecule has 2 heterocycles. The number of hydrogen-bond acceptors (Lipinski definition) is 4. The van der Waals surface area contributed by atoms with Crippen molar-refractivity contribution in [1.82, 2.24) is 10.2 Å². The van der Waals surface area contributed by atoms with Gasteiger partial charge in [-0.05, 0) is 42.9 Å². The van der Waals surface area contributed by atoms with Crippen LogP contribution >= 0.6 is 0 Å². The van der Waals surface area contributed by atoms with E-state index in [-0.39, 0.29) is 30.0 Å². The Labute approximate surface area is 198 Å². The van der Waals surface area contributed by atoms with E-state index in [2.05, 4.69) is 11.4 Å². The molecule has 0 aliphatic carbocycles. The number of piperidine rings is 2. The van der Waals surface area contributed by atoms with E-state index in [0.29, 0.717) is 12.8 Å². The molecule has 0 aromatic heterocycles. The molecule has 1 N–H and O–H groups in total. The van der Waals surface area contributed by atoms with Crippen LogP contribution in [0.2, 0.25) is 0 Å². The van der Waals surface area contributed by atoms with E-state index in [1.165, 1.54) is 29.2 Å². The monoisotopic (exact) mass is 476 g/mol. The lowest BCUT2D eigenvalue weighted by Crippen LogP contribution is -2.59. The van der Waals surface area contributed by atoms with Gasteiger partial charge in [0.15, 0.2) is 0 Å². The number of nitrogens with one attached hydrogen (secondary N) is 1. The smallest absolute Gasteiger partial charge is 0.430 e. The number of methoxy groups -OCH3 is 2. The minimum Gasteiger partial charge on any atom is -0.496 e. The first kappa shape index (κ1) is 24.5. The van der Waals surface area contributed by atoms with Gasteiger partial charge >= 0.3 is 6.18 Å². The van der Waals surface area contributed by atoms with Crippen LogP contribution in [0.15, 0.2) is 54.6 Å². The minimum absolute atomic E-state index is 0.114. The highest BCUT2D eigenvalue weighted by Crippen LogP contribution is 2.51. The fraction of sp³-hybridized carbons (Fsp3) is 0.500. The van der Waals surface area contributed by atoms with E-state index < -0.39 is 17.7 Å². The largest absolute Gasteiger partial charge is 0.496 e. The summed E-state index contributed by atoms with van der Waals surface area (Å²) in [4.78, 5) is 14.8. The molecule has 2 aliphatic heterocycles. The van der Waals surface area contributed by atoms with Gasteiger partial charge in [-0.3, -0.25) is 4.79 Å². The first-order valence-corrected chi connectivity index (χ1v) is 11.6. The van der Waals surface area contributed by atoms with E-state index in [4.69, 9.17) is 9.47 Å². The van der Waals surface area contributed by atoms with Crippen molar-refractivity contribution in [1.29, 1.82) is 0 Å². The van der Waals surface area contributed by atoms with Gasteiger partial charge in [-0.15, -0.1) is 0 Å². The van der Waals surface area contributed by atoms with Gasteiger partial charge in [0.1, 0.15) is 5.75 Å². The summed E-state index contributed by atoms with van der Waals surface area (Å²) in [5.41, 5.74) is -2.24. The summed E-state index contributed by atoms with van der Waals surface area (Å²) >= 11 is 0. The van der Waals surface area contributed by atoms with Crippen molar-refractivity contribution < 1.29 is 27.4 Å². The quantitative estimate of drug-likeness (QED) is 0.691. The van der Waals surface area contributed by atoms with Gasteiger partial charge in [0.2, 0.25) is 0 Å². The van der Waals surface area contributed by atoms with Crippen LogP contribution < -0.4 is 10.1 Å². The second-order valence-corrected chi connectivity index (χ2v) is 9.15. The summed E-state index contributed by atoms with van der Waals surface area (Å²) in [6.07, 6.45) is -2.76. The first-order valence-electron chi connectivity index (χ1n) is 11.6. The van der Waals surface area contributed by atoms with Crippen molar-refractivity contribution in [3.63, 3.8) is 0 Å². The predicted octanol–water partition coefficient (Wildman–Crippen LogP) is 4.49. The predicted molar refractivity (Wildman–Crippen MR) is 123 cm³/mol. The number of nitrogens with zero attached hydrogens (tertiary/aromatic N) is 1. The second kappa shape index (κ2) is 9.58. The molecule has 2 aromatic carbocycles. The van der Waals surface area contributed by atoms with E-state index in [9.17, 15) is 18.0 Å². The Balaban J connectivity index is 1.61. The highest BCUT2D eigenvalue weighted by Gasteiger charge is 2.64. The third kappa shape index (κ3) is 4.07. The molecule has 4 rings (SSSR count). The molecule has 1 unspecified atom stereocenters. The van der Waals surface area contributed by atoms with Crippen molar-refractivity contribution in [2.45, 2.75) is 37.0 Å². The van der Waals surface area contributed by atoms with E-state index in [0.717, 1.165) is 37.9 Å². The Morgan fingerprint density at radius 1 is 1.00 bits per heavy atom. The lowest BCUT2D eigenvalue weighted by Gasteiger charge is -2.51. The number of amides is 1. The molecule has 0 radical (unpaired) electrons. The van der Waals surface area contributed by atoms with Gasteiger partial charge in [0, 0.05) is 38.2 Å². The number of ether oxygens (including phenoxy) is 2.